The van der Waals surface area contributed by atoms with E-state index >= 15 is 0 Å². The number of hydrogen-bond donors (Lipinski definition) is 4. The van der Waals surface area contributed by atoms with E-state index in [-0.39, 0.29) is 25.6 Å². The minimum absolute atomic E-state index is 0.129. The van der Waals surface area contributed by atoms with Gasteiger partial charge in [-0.3, -0.25) is 4.79 Å². The van der Waals surface area contributed by atoms with E-state index in [4.69, 9.17) is 18.9 Å². The summed E-state index contributed by atoms with van der Waals surface area (Å²) in [4.78, 5) is 12.8. The second kappa shape index (κ2) is 47.4. The molecule has 9 heteroatoms. The molecule has 1 heterocycles. The molecule has 0 aromatic carbocycles. The van der Waals surface area contributed by atoms with Crippen LogP contribution in [-0.4, -0.2) is 89.6 Å². The number of hydrogen-bond acceptors (Lipinski definition) is 9. The molecule has 0 spiro atoms. The van der Waals surface area contributed by atoms with Gasteiger partial charge in [0, 0.05) is 13.0 Å². The van der Waals surface area contributed by atoms with Gasteiger partial charge in [-0.1, -0.05) is 214 Å². The largest absolute Gasteiger partial charge is 0.457 e. The van der Waals surface area contributed by atoms with Gasteiger partial charge in [0.2, 0.25) is 0 Å². The Morgan fingerprint density at radius 3 is 1.38 bits per heavy atom. The van der Waals surface area contributed by atoms with Crippen LogP contribution in [0.1, 0.15) is 206 Å². The molecule has 0 amide bonds. The van der Waals surface area contributed by atoms with Gasteiger partial charge in [0.15, 0.2) is 6.29 Å². The first kappa shape index (κ1) is 61.4. The third kappa shape index (κ3) is 37.4. The van der Waals surface area contributed by atoms with Gasteiger partial charge in [-0.25, -0.2) is 0 Å². The van der Waals surface area contributed by atoms with E-state index in [1.54, 1.807) is 0 Å². The summed E-state index contributed by atoms with van der Waals surface area (Å²) in [6.07, 6.45) is 57.6. The van der Waals surface area contributed by atoms with Gasteiger partial charge < -0.3 is 39.4 Å². The number of carbonyl (C=O) groups is 1. The Kier molecular flexibility index (Phi) is 44.1. The van der Waals surface area contributed by atoms with Crippen molar-refractivity contribution in [3.8, 4) is 0 Å². The van der Waals surface area contributed by atoms with E-state index in [0.29, 0.717) is 13.0 Å². The molecule has 0 aromatic rings. The third-order valence-electron chi connectivity index (χ3n) is 11.8. The molecule has 1 aliphatic rings. The quantitative estimate of drug-likeness (QED) is 0.0267. The fourth-order valence-electron chi connectivity index (χ4n) is 7.71. The van der Waals surface area contributed by atoms with Crippen LogP contribution in [0.2, 0.25) is 0 Å². The highest BCUT2D eigenvalue weighted by atomic mass is 16.7. The van der Waals surface area contributed by atoms with Gasteiger partial charge >= 0.3 is 5.97 Å². The van der Waals surface area contributed by atoms with Gasteiger partial charge in [-0.2, -0.15) is 0 Å². The molecule has 1 fully saturated rings. The molecular formula is C57H98O9. The monoisotopic (exact) mass is 927 g/mol. The van der Waals surface area contributed by atoms with Gasteiger partial charge in [0.1, 0.15) is 30.5 Å². The van der Waals surface area contributed by atoms with Crippen molar-refractivity contribution in [3.05, 3.63) is 85.1 Å². The zero-order valence-corrected chi connectivity index (χ0v) is 41.9. The summed E-state index contributed by atoms with van der Waals surface area (Å²) in [6.45, 7) is 4.42. The van der Waals surface area contributed by atoms with Crippen LogP contribution in [0.15, 0.2) is 85.1 Å². The summed E-state index contributed by atoms with van der Waals surface area (Å²) >= 11 is 0. The van der Waals surface area contributed by atoms with Crippen LogP contribution in [-0.2, 0) is 23.7 Å². The summed E-state index contributed by atoms with van der Waals surface area (Å²) in [5, 5.41) is 40.3. The number of allylic oxidation sites excluding steroid dienone is 14. The smallest absolute Gasteiger partial charge is 0.306 e. The van der Waals surface area contributed by atoms with E-state index in [9.17, 15) is 25.2 Å². The van der Waals surface area contributed by atoms with Crippen LogP contribution < -0.4 is 0 Å². The Morgan fingerprint density at radius 1 is 0.500 bits per heavy atom. The normalized spacial score (nSPS) is 20.0. The van der Waals surface area contributed by atoms with Crippen LogP contribution >= 0.6 is 0 Å². The summed E-state index contributed by atoms with van der Waals surface area (Å²) in [6, 6.07) is 0. The van der Waals surface area contributed by atoms with E-state index < -0.39 is 43.4 Å². The number of carbonyl (C=O) groups excluding carboxylic acids is 1. The van der Waals surface area contributed by atoms with Crippen LogP contribution in [0.3, 0.4) is 0 Å². The summed E-state index contributed by atoms with van der Waals surface area (Å²) in [7, 11) is 0. The molecule has 380 valence electrons. The molecule has 1 rings (SSSR count). The minimum Gasteiger partial charge on any atom is -0.457 e. The molecule has 6 unspecified atom stereocenters. The van der Waals surface area contributed by atoms with Gasteiger partial charge in [0.05, 0.1) is 19.8 Å². The van der Waals surface area contributed by atoms with Crippen molar-refractivity contribution in [1.29, 1.82) is 0 Å². The predicted octanol–water partition coefficient (Wildman–Crippen LogP) is 13.4. The predicted molar refractivity (Wildman–Crippen MR) is 274 cm³/mol. The number of ether oxygens (including phenoxy) is 4. The summed E-state index contributed by atoms with van der Waals surface area (Å²) < 4.78 is 22.9. The van der Waals surface area contributed by atoms with E-state index in [2.05, 4.69) is 98.9 Å². The van der Waals surface area contributed by atoms with Crippen molar-refractivity contribution >= 4 is 5.97 Å². The maximum Gasteiger partial charge on any atom is 0.306 e. The third-order valence-corrected chi connectivity index (χ3v) is 11.8. The molecule has 9 nitrogen and oxygen atoms in total. The van der Waals surface area contributed by atoms with Crippen molar-refractivity contribution in [2.75, 3.05) is 26.4 Å². The molecule has 0 bridgehead atoms. The number of unbranched alkanes of at least 4 members (excludes halogenated alkanes) is 20. The molecule has 4 N–H and O–H groups in total. The molecular weight excluding hydrogens is 829 g/mol. The number of aliphatic hydroxyl groups excluding tert-OH is 4. The summed E-state index contributed by atoms with van der Waals surface area (Å²) in [5.74, 6) is -0.345. The average molecular weight is 927 g/mol. The lowest BCUT2D eigenvalue weighted by Gasteiger charge is -2.39. The highest BCUT2D eigenvalue weighted by Crippen LogP contribution is 2.23. The Hall–Kier alpha value is -2.63. The summed E-state index contributed by atoms with van der Waals surface area (Å²) in [5.41, 5.74) is 0. The number of aliphatic hydroxyl groups is 4. The second-order valence-corrected chi connectivity index (χ2v) is 17.9. The molecule has 1 aliphatic heterocycles. The maximum absolute atomic E-state index is 12.8. The zero-order valence-electron chi connectivity index (χ0n) is 41.9. The van der Waals surface area contributed by atoms with Crippen molar-refractivity contribution in [2.24, 2.45) is 0 Å². The first-order valence-electron chi connectivity index (χ1n) is 26.7. The minimum atomic E-state index is -1.55. The molecule has 0 aliphatic carbocycles. The SMILES string of the molecule is CC/C=C\C/C=C\C/C=C\C/C=C\C/C=C\C/C=C\C/C=C\CCCCCC(=O)OC(COCCCCCCCCCCCCCCCCCCCC)COC1OC(CO)C(O)C(O)C1O. The highest BCUT2D eigenvalue weighted by molar-refractivity contribution is 5.69. The fourth-order valence-corrected chi connectivity index (χ4v) is 7.71. The standard InChI is InChI=1S/C57H98O9/c1-3-5-7-9-11-13-15-17-19-21-23-24-25-26-27-28-29-30-32-34-36-38-40-42-44-46-53(59)65-51(50-64-57-56(62)55(61)54(60)52(48-58)66-57)49-63-47-45-43-41-39-37-35-33-31-22-20-18-16-14-12-10-8-6-4-2/h5,7,11,13,17,19,23-24,26-27,29-30,34,36,51-52,54-58,60-62H,3-4,6,8-10,12,14-16,18,20-22,25,28,31-33,35,37-50H2,1-2H3/b7-5-,13-11-,19-17-,24-23-,27-26-,30-29-,36-34-. The van der Waals surface area contributed by atoms with E-state index in [0.717, 1.165) is 77.0 Å². The van der Waals surface area contributed by atoms with Crippen molar-refractivity contribution in [2.45, 2.75) is 243 Å². The van der Waals surface area contributed by atoms with Gasteiger partial charge in [0.25, 0.3) is 0 Å². The lowest BCUT2D eigenvalue weighted by atomic mass is 9.99. The van der Waals surface area contributed by atoms with Gasteiger partial charge in [-0.15, -0.1) is 0 Å². The topological polar surface area (TPSA) is 135 Å². The highest BCUT2D eigenvalue weighted by Gasteiger charge is 2.44. The number of esters is 1. The molecule has 0 saturated carbocycles. The lowest BCUT2D eigenvalue weighted by molar-refractivity contribution is -0.305. The van der Waals surface area contributed by atoms with Crippen LogP contribution in [0, 0.1) is 0 Å². The molecule has 0 radical (unpaired) electrons. The lowest BCUT2D eigenvalue weighted by Crippen LogP contribution is -2.59. The van der Waals surface area contributed by atoms with Gasteiger partial charge in [-0.05, 0) is 70.6 Å². The van der Waals surface area contributed by atoms with E-state index in [1.807, 2.05) is 0 Å². The second-order valence-electron chi connectivity index (χ2n) is 17.9. The molecule has 1 saturated heterocycles. The van der Waals surface area contributed by atoms with Crippen LogP contribution in [0.5, 0.6) is 0 Å². The van der Waals surface area contributed by atoms with Crippen LogP contribution in [0.25, 0.3) is 0 Å². The Morgan fingerprint density at radius 2 is 0.924 bits per heavy atom. The maximum atomic E-state index is 12.8. The zero-order chi connectivity index (χ0) is 47.8. The molecule has 6 atom stereocenters. The first-order valence-corrected chi connectivity index (χ1v) is 26.7. The fraction of sp³-hybridized carbons (Fsp3) is 0.737. The first-order chi connectivity index (χ1) is 32.4. The Bertz CT molecular complexity index is 1280. The molecule has 0 aromatic heterocycles. The molecule has 66 heavy (non-hydrogen) atoms. The number of rotatable bonds is 45. The Balaban J connectivity index is 2.24. The van der Waals surface area contributed by atoms with E-state index in [1.165, 1.54) is 103 Å². The Labute approximate surface area is 403 Å². The van der Waals surface area contributed by atoms with Crippen molar-refractivity contribution in [1.82, 2.24) is 0 Å². The van der Waals surface area contributed by atoms with Crippen molar-refractivity contribution in [3.63, 3.8) is 0 Å². The van der Waals surface area contributed by atoms with Crippen molar-refractivity contribution < 1.29 is 44.2 Å². The van der Waals surface area contributed by atoms with Crippen LogP contribution in [0.4, 0.5) is 0 Å². The average Bonchev–Trinajstić information content (AvgIpc) is 3.32.